The van der Waals surface area contributed by atoms with Gasteiger partial charge in [-0.2, -0.15) is 5.26 Å². The van der Waals surface area contributed by atoms with E-state index in [4.69, 9.17) is 5.26 Å². The molecule has 0 heterocycles. The van der Waals surface area contributed by atoms with Crippen LogP contribution in [0, 0.1) is 21.4 Å². The van der Waals surface area contributed by atoms with E-state index in [1.54, 1.807) is 6.07 Å². The van der Waals surface area contributed by atoms with E-state index in [9.17, 15) is 10.1 Å². The van der Waals surface area contributed by atoms with Gasteiger partial charge in [0.2, 0.25) is 0 Å². The fraction of sp³-hybridized carbons (Fsp3) is 0.417. The third-order valence-electron chi connectivity index (χ3n) is 2.80. The van der Waals surface area contributed by atoms with Crippen molar-refractivity contribution in [2.24, 2.45) is 0 Å². The van der Waals surface area contributed by atoms with Crippen LogP contribution in [0.1, 0.15) is 12.5 Å². The molecule has 1 aromatic carbocycles. The van der Waals surface area contributed by atoms with Crippen LogP contribution in [-0.4, -0.2) is 36.5 Å². The predicted octanol–water partition coefficient (Wildman–Crippen LogP) is 1.83. The Bertz CT molecular complexity index is 479. The van der Waals surface area contributed by atoms with E-state index in [0.29, 0.717) is 18.3 Å². The first kappa shape index (κ1) is 13.9. The molecule has 0 amide bonds. The van der Waals surface area contributed by atoms with Crippen molar-refractivity contribution in [2.75, 3.05) is 26.0 Å². The molecule has 0 spiro atoms. The number of hydrogen-bond acceptors (Lipinski definition) is 5. The van der Waals surface area contributed by atoms with Crippen molar-refractivity contribution < 1.29 is 4.92 Å². The quantitative estimate of drug-likeness (QED) is 0.635. The monoisotopic (exact) mass is 248 g/mol. The minimum absolute atomic E-state index is 0.0715. The summed E-state index contributed by atoms with van der Waals surface area (Å²) in [6.45, 7) is 2.71. The van der Waals surface area contributed by atoms with Crippen molar-refractivity contribution in [2.45, 2.75) is 13.0 Å². The van der Waals surface area contributed by atoms with Crippen LogP contribution in [0.5, 0.6) is 0 Å². The van der Waals surface area contributed by atoms with Crippen LogP contribution in [0.25, 0.3) is 0 Å². The third-order valence-corrected chi connectivity index (χ3v) is 2.80. The topological polar surface area (TPSA) is 82.2 Å². The molecule has 18 heavy (non-hydrogen) atoms. The van der Waals surface area contributed by atoms with Gasteiger partial charge in [-0.15, -0.1) is 0 Å². The zero-order valence-electron chi connectivity index (χ0n) is 10.7. The van der Waals surface area contributed by atoms with Gasteiger partial charge in [0, 0.05) is 24.7 Å². The van der Waals surface area contributed by atoms with Gasteiger partial charge >= 0.3 is 0 Å². The molecular formula is C12H16N4O2. The number of rotatable bonds is 5. The van der Waals surface area contributed by atoms with Crippen LogP contribution in [0.15, 0.2) is 18.2 Å². The summed E-state index contributed by atoms with van der Waals surface area (Å²) >= 11 is 0. The molecule has 0 saturated carbocycles. The molecule has 0 fully saturated rings. The molecule has 1 unspecified atom stereocenters. The summed E-state index contributed by atoms with van der Waals surface area (Å²) in [6.07, 6.45) is 0. The highest BCUT2D eigenvalue weighted by molar-refractivity contribution is 5.61. The Morgan fingerprint density at radius 1 is 1.56 bits per heavy atom. The minimum atomic E-state index is -0.507. The molecular weight excluding hydrogens is 232 g/mol. The molecule has 1 aromatic rings. The van der Waals surface area contributed by atoms with E-state index in [1.807, 2.05) is 32.0 Å². The maximum absolute atomic E-state index is 10.6. The first-order valence-corrected chi connectivity index (χ1v) is 5.54. The number of nitro groups is 1. The third kappa shape index (κ3) is 3.43. The molecule has 0 bridgehead atoms. The molecule has 1 N–H and O–H groups in total. The van der Waals surface area contributed by atoms with Crippen molar-refractivity contribution in [3.05, 3.63) is 33.9 Å². The Labute approximate surface area is 106 Å². The highest BCUT2D eigenvalue weighted by atomic mass is 16.6. The number of nitrogens with zero attached hydrogens (tertiary/aromatic N) is 3. The van der Waals surface area contributed by atoms with Gasteiger partial charge in [0.05, 0.1) is 16.2 Å². The van der Waals surface area contributed by atoms with Crippen LogP contribution in [0.4, 0.5) is 11.4 Å². The first-order chi connectivity index (χ1) is 8.45. The average molecular weight is 248 g/mol. The van der Waals surface area contributed by atoms with Crippen LogP contribution >= 0.6 is 0 Å². The predicted molar refractivity (Wildman–Crippen MR) is 69.5 cm³/mol. The lowest BCUT2D eigenvalue weighted by Gasteiger charge is -2.20. The number of anilines is 1. The van der Waals surface area contributed by atoms with E-state index in [-0.39, 0.29) is 11.3 Å². The number of benzene rings is 1. The Balaban J connectivity index is 2.84. The molecule has 1 atom stereocenters. The SMILES string of the molecule is CC(CNc1ccc([N+](=O)[O-])cc1C#N)N(C)C. The number of hydrogen-bond donors (Lipinski definition) is 1. The fourth-order valence-corrected chi connectivity index (χ4v) is 1.33. The molecule has 0 aliphatic carbocycles. The fourth-order valence-electron chi connectivity index (χ4n) is 1.33. The highest BCUT2D eigenvalue weighted by Gasteiger charge is 2.11. The summed E-state index contributed by atoms with van der Waals surface area (Å²) in [5, 5.41) is 22.7. The molecule has 1 rings (SSSR count). The molecule has 0 aromatic heterocycles. The normalized spacial score (nSPS) is 11.9. The van der Waals surface area contributed by atoms with Crippen molar-refractivity contribution in [3.8, 4) is 6.07 Å². The lowest BCUT2D eigenvalue weighted by Crippen LogP contribution is -2.31. The standard InChI is InChI=1S/C12H16N4O2/c1-9(15(2)3)8-14-12-5-4-11(16(17)18)6-10(12)7-13/h4-6,9,14H,8H2,1-3H3. The molecule has 0 saturated heterocycles. The maximum Gasteiger partial charge on any atom is 0.270 e. The van der Waals surface area contributed by atoms with E-state index >= 15 is 0 Å². The highest BCUT2D eigenvalue weighted by Crippen LogP contribution is 2.21. The summed E-state index contributed by atoms with van der Waals surface area (Å²) in [4.78, 5) is 12.1. The van der Waals surface area contributed by atoms with Gasteiger partial charge in [-0.1, -0.05) is 0 Å². The van der Waals surface area contributed by atoms with E-state index < -0.39 is 4.92 Å². The second-order valence-electron chi connectivity index (χ2n) is 4.29. The van der Waals surface area contributed by atoms with Gasteiger partial charge in [-0.3, -0.25) is 10.1 Å². The summed E-state index contributed by atoms with van der Waals surface area (Å²) in [5.41, 5.74) is 0.838. The lowest BCUT2D eigenvalue weighted by atomic mass is 10.1. The van der Waals surface area contributed by atoms with Crippen LogP contribution in [-0.2, 0) is 0 Å². The molecule has 6 nitrogen and oxygen atoms in total. The first-order valence-electron chi connectivity index (χ1n) is 5.54. The second-order valence-corrected chi connectivity index (χ2v) is 4.29. The van der Waals surface area contributed by atoms with Gasteiger partial charge in [0.1, 0.15) is 6.07 Å². The van der Waals surface area contributed by atoms with Gasteiger partial charge < -0.3 is 10.2 Å². The zero-order chi connectivity index (χ0) is 13.7. The number of nitriles is 1. The van der Waals surface area contributed by atoms with Gasteiger partial charge in [0.25, 0.3) is 5.69 Å². The molecule has 96 valence electrons. The van der Waals surface area contributed by atoms with Crippen LogP contribution in [0.2, 0.25) is 0 Å². The maximum atomic E-state index is 10.6. The largest absolute Gasteiger partial charge is 0.382 e. The Morgan fingerprint density at radius 3 is 2.72 bits per heavy atom. The Hall–Kier alpha value is -2.13. The van der Waals surface area contributed by atoms with Crippen molar-refractivity contribution >= 4 is 11.4 Å². The number of non-ortho nitro benzene ring substituents is 1. The number of nitrogens with one attached hydrogen (secondary N) is 1. The van der Waals surface area contributed by atoms with Crippen LogP contribution < -0.4 is 5.32 Å². The van der Waals surface area contributed by atoms with Crippen molar-refractivity contribution in [1.29, 1.82) is 5.26 Å². The molecule has 0 radical (unpaired) electrons. The van der Waals surface area contributed by atoms with Crippen LogP contribution in [0.3, 0.4) is 0 Å². The molecule has 0 aliphatic heterocycles. The van der Waals surface area contributed by atoms with E-state index in [2.05, 4.69) is 5.32 Å². The van der Waals surface area contributed by atoms with Gasteiger partial charge in [-0.05, 0) is 27.1 Å². The van der Waals surface area contributed by atoms with Crippen molar-refractivity contribution in [3.63, 3.8) is 0 Å². The average Bonchev–Trinajstić information content (AvgIpc) is 2.35. The zero-order valence-corrected chi connectivity index (χ0v) is 10.7. The number of likely N-dealkylation sites (N-methyl/N-ethyl adjacent to an activating group) is 1. The summed E-state index contributed by atoms with van der Waals surface area (Å²) < 4.78 is 0. The Morgan fingerprint density at radius 2 is 2.22 bits per heavy atom. The van der Waals surface area contributed by atoms with Gasteiger partial charge in [-0.25, -0.2) is 0 Å². The summed E-state index contributed by atoms with van der Waals surface area (Å²) in [6, 6.07) is 6.50. The smallest absolute Gasteiger partial charge is 0.270 e. The Kier molecular flexibility index (Phi) is 4.63. The molecule has 6 heteroatoms. The molecule has 0 aliphatic rings. The van der Waals surface area contributed by atoms with Gasteiger partial charge in [0.15, 0.2) is 0 Å². The summed E-state index contributed by atoms with van der Waals surface area (Å²) in [5.74, 6) is 0. The summed E-state index contributed by atoms with van der Waals surface area (Å²) in [7, 11) is 3.93. The van der Waals surface area contributed by atoms with E-state index in [0.717, 1.165) is 0 Å². The second kappa shape index (κ2) is 5.98. The van der Waals surface area contributed by atoms with E-state index in [1.165, 1.54) is 12.1 Å². The van der Waals surface area contributed by atoms with Crippen molar-refractivity contribution in [1.82, 2.24) is 4.90 Å². The minimum Gasteiger partial charge on any atom is -0.382 e. The lowest BCUT2D eigenvalue weighted by molar-refractivity contribution is -0.384. The number of nitro benzene ring substituents is 1.